The topological polar surface area (TPSA) is 98.5 Å². The number of thiophene rings is 1. The molecule has 1 N–H and O–H groups in total. The minimum absolute atomic E-state index is 0.113. The highest BCUT2D eigenvalue weighted by Gasteiger charge is 2.19. The Morgan fingerprint density at radius 3 is 2.70 bits per heavy atom. The Labute approximate surface area is 136 Å². The van der Waals surface area contributed by atoms with E-state index in [1.54, 1.807) is 19.1 Å². The van der Waals surface area contributed by atoms with E-state index in [1.807, 2.05) is 0 Å². The predicted molar refractivity (Wildman–Crippen MR) is 85.8 cm³/mol. The second kappa shape index (κ2) is 7.01. The predicted octanol–water partition coefficient (Wildman–Crippen LogP) is 2.93. The van der Waals surface area contributed by atoms with Gasteiger partial charge in [0.25, 0.3) is 5.69 Å². The third kappa shape index (κ3) is 3.92. The first kappa shape index (κ1) is 16.6. The maximum absolute atomic E-state index is 12.1. The maximum atomic E-state index is 12.1. The fraction of sp³-hybridized carbons (Fsp3) is 0.200. The molecular weight excluding hydrogens is 320 g/mol. The average Bonchev–Trinajstić information content (AvgIpc) is 2.87. The number of ether oxygens (including phenoxy) is 1. The molecule has 8 heteroatoms. The number of carbonyl (C=O) groups is 2. The molecule has 120 valence electrons. The molecule has 1 heterocycles. The van der Waals surface area contributed by atoms with Crippen LogP contribution in [0.2, 0.25) is 0 Å². The summed E-state index contributed by atoms with van der Waals surface area (Å²) >= 11 is 1.24. The van der Waals surface area contributed by atoms with Gasteiger partial charge in [-0.1, -0.05) is 18.2 Å². The van der Waals surface area contributed by atoms with E-state index in [0.29, 0.717) is 10.6 Å². The maximum Gasteiger partial charge on any atom is 0.340 e. The van der Waals surface area contributed by atoms with E-state index < -0.39 is 16.8 Å². The van der Waals surface area contributed by atoms with Crippen LogP contribution in [0.15, 0.2) is 30.3 Å². The normalized spacial score (nSPS) is 10.2. The highest BCUT2D eigenvalue weighted by atomic mass is 32.1. The molecule has 0 fully saturated rings. The van der Waals surface area contributed by atoms with Gasteiger partial charge in [-0.15, -0.1) is 11.3 Å². The Morgan fingerprint density at radius 2 is 2.04 bits per heavy atom. The number of hydrogen-bond donors (Lipinski definition) is 1. The molecule has 1 aromatic carbocycles. The van der Waals surface area contributed by atoms with Crippen LogP contribution in [0, 0.1) is 17.0 Å². The van der Waals surface area contributed by atoms with Gasteiger partial charge >= 0.3 is 5.97 Å². The van der Waals surface area contributed by atoms with Crippen molar-refractivity contribution in [3.63, 3.8) is 0 Å². The zero-order valence-electron chi connectivity index (χ0n) is 12.5. The van der Waals surface area contributed by atoms with Crippen molar-refractivity contribution in [3.8, 4) is 0 Å². The van der Waals surface area contributed by atoms with Crippen LogP contribution in [0.1, 0.15) is 20.8 Å². The number of carbonyl (C=O) groups excluding carboxylic acids is 2. The number of para-hydroxylation sites is 1. The largest absolute Gasteiger partial charge is 0.465 e. The molecule has 0 aliphatic carbocycles. The van der Waals surface area contributed by atoms with Crippen molar-refractivity contribution in [2.75, 3.05) is 12.4 Å². The van der Waals surface area contributed by atoms with E-state index in [2.05, 4.69) is 10.1 Å². The van der Waals surface area contributed by atoms with Gasteiger partial charge < -0.3 is 10.1 Å². The highest BCUT2D eigenvalue weighted by Crippen LogP contribution is 2.28. The van der Waals surface area contributed by atoms with E-state index >= 15 is 0 Å². The number of hydrogen-bond acceptors (Lipinski definition) is 6. The molecule has 0 saturated carbocycles. The molecule has 2 rings (SSSR count). The van der Waals surface area contributed by atoms with E-state index in [9.17, 15) is 19.7 Å². The van der Waals surface area contributed by atoms with Gasteiger partial charge in [-0.2, -0.15) is 0 Å². The summed E-state index contributed by atoms with van der Waals surface area (Å²) in [5, 5.41) is 14.0. The van der Waals surface area contributed by atoms with Crippen LogP contribution in [0.5, 0.6) is 0 Å². The molecule has 0 radical (unpaired) electrons. The summed E-state index contributed by atoms with van der Waals surface area (Å²) in [4.78, 5) is 35.1. The molecule has 7 nitrogen and oxygen atoms in total. The van der Waals surface area contributed by atoms with Gasteiger partial charge in [-0.05, 0) is 13.0 Å². The SMILES string of the molecule is COC(=O)c1cc(C)sc1NC(=O)Cc1ccccc1[N+](=O)[O-]. The lowest BCUT2D eigenvalue weighted by Crippen LogP contribution is -2.16. The van der Waals surface area contributed by atoms with Crippen LogP contribution in [-0.2, 0) is 16.0 Å². The Kier molecular flexibility index (Phi) is 5.07. The number of anilines is 1. The fourth-order valence-corrected chi connectivity index (χ4v) is 2.97. The average molecular weight is 334 g/mol. The molecule has 0 atom stereocenters. The number of methoxy groups -OCH3 is 1. The van der Waals surface area contributed by atoms with Crippen LogP contribution < -0.4 is 5.32 Å². The first-order chi connectivity index (χ1) is 10.9. The van der Waals surface area contributed by atoms with Gasteiger partial charge in [0.15, 0.2) is 0 Å². The minimum Gasteiger partial charge on any atom is -0.465 e. The molecule has 0 aliphatic heterocycles. The van der Waals surface area contributed by atoms with E-state index in [1.165, 1.54) is 36.6 Å². The van der Waals surface area contributed by atoms with Crippen molar-refractivity contribution in [3.05, 3.63) is 56.5 Å². The third-order valence-corrected chi connectivity index (χ3v) is 4.02. The van der Waals surface area contributed by atoms with E-state index in [-0.39, 0.29) is 17.7 Å². The van der Waals surface area contributed by atoms with E-state index in [0.717, 1.165) is 4.88 Å². The van der Waals surface area contributed by atoms with Crippen LogP contribution in [0.25, 0.3) is 0 Å². The van der Waals surface area contributed by atoms with Crippen molar-refractivity contribution >= 4 is 33.9 Å². The second-order valence-corrected chi connectivity index (χ2v) is 5.96. The number of nitrogens with zero attached hydrogens (tertiary/aromatic N) is 1. The number of nitro benzene ring substituents is 1. The minimum atomic E-state index is -0.546. The van der Waals surface area contributed by atoms with E-state index in [4.69, 9.17) is 0 Å². The molecule has 0 unspecified atom stereocenters. The third-order valence-electron chi connectivity index (χ3n) is 3.05. The van der Waals surface area contributed by atoms with Crippen LogP contribution in [0.3, 0.4) is 0 Å². The van der Waals surface area contributed by atoms with Crippen molar-refractivity contribution in [2.45, 2.75) is 13.3 Å². The zero-order chi connectivity index (χ0) is 17.0. The van der Waals surface area contributed by atoms with Crippen LogP contribution in [0.4, 0.5) is 10.7 Å². The molecule has 0 saturated heterocycles. The lowest BCUT2D eigenvalue weighted by molar-refractivity contribution is -0.385. The van der Waals surface area contributed by atoms with Crippen LogP contribution >= 0.6 is 11.3 Å². The summed E-state index contributed by atoms with van der Waals surface area (Å²) in [6.45, 7) is 1.80. The fourth-order valence-electron chi connectivity index (χ4n) is 2.05. The number of aryl methyl sites for hydroxylation is 1. The summed E-state index contributed by atoms with van der Waals surface area (Å²) in [7, 11) is 1.26. The number of benzene rings is 1. The molecule has 2 aromatic rings. The summed E-state index contributed by atoms with van der Waals surface area (Å²) in [5.41, 5.74) is 0.465. The molecule has 0 bridgehead atoms. The monoisotopic (exact) mass is 334 g/mol. The van der Waals surface area contributed by atoms with Crippen molar-refractivity contribution in [1.82, 2.24) is 0 Å². The smallest absolute Gasteiger partial charge is 0.340 e. The molecule has 23 heavy (non-hydrogen) atoms. The standard InChI is InChI=1S/C15H14N2O5S/c1-9-7-11(15(19)22-2)14(23-9)16-13(18)8-10-5-3-4-6-12(10)17(20)21/h3-7H,8H2,1-2H3,(H,16,18). The summed E-state index contributed by atoms with van der Waals surface area (Å²) < 4.78 is 4.67. The molecular formula is C15H14N2O5S. The molecule has 0 aliphatic rings. The Bertz CT molecular complexity index is 769. The van der Waals surface area contributed by atoms with Crippen molar-refractivity contribution in [2.24, 2.45) is 0 Å². The first-order valence-electron chi connectivity index (χ1n) is 6.63. The van der Waals surface area contributed by atoms with Gasteiger partial charge in [0.2, 0.25) is 5.91 Å². The van der Waals surface area contributed by atoms with Gasteiger partial charge in [0, 0.05) is 16.5 Å². The molecule has 1 aromatic heterocycles. The Hall–Kier alpha value is -2.74. The molecule has 0 spiro atoms. The quantitative estimate of drug-likeness (QED) is 0.515. The number of nitro groups is 1. The molecule has 1 amide bonds. The lowest BCUT2D eigenvalue weighted by atomic mass is 10.1. The number of rotatable bonds is 5. The number of nitrogens with one attached hydrogen (secondary N) is 1. The summed E-state index contributed by atoms with van der Waals surface area (Å²) in [6, 6.07) is 7.66. The van der Waals surface area contributed by atoms with Gasteiger partial charge in [-0.25, -0.2) is 4.79 Å². The Morgan fingerprint density at radius 1 is 1.35 bits per heavy atom. The number of esters is 1. The number of amides is 1. The van der Waals surface area contributed by atoms with Crippen molar-refractivity contribution < 1.29 is 19.2 Å². The van der Waals surface area contributed by atoms with Crippen LogP contribution in [-0.4, -0.2) is 23.9 Å². The Balaban J connectivity index is 2.18. The first-order valence-corrected chi connectivity index (χ1v) is 7.45. The van der Waals surface area contributed by atoms with Gasteiger partial charge in [0.1, 0.15) is 5.00 Å². The van der Waals surface area contributed by atoms with Crippen molar-refractivity contribution in [1.29, 1.82) is 0 Å². The van der Waals surface area contributed by atoms with Gasteiger partial charge in [-0.3, -0.25) is 14.9 Å². The summed E-state index contributed by atoms with van der Waals surface area (Å²) in [6.07, 6.45) is -0.158. The highest BCUT2D eigenvalue weighted by molar-refractivity contribution is 7.16. The zero-order valence-corrected chi connectivity index (χ0v) is 13.3. The second-order valence-electron chi connectivity index (χ2n) is 4.70. The van der Waals surface area contributed by atoms with Gasteiger partial charge in [0.05, 0.1) is 24.0 Å². The summed E-state index contributed by atoms with van der Waals surface area (Å²) in [5.74, 6) is -0.985. The lowest BCUT2D eigenvalue weighted by Gasteiger charge is -2.06.